The molecule has 1 aromatic rings. The van der Waals surface area contributed by atoms with Crippen molar-refractivity contribution in [3.8, 4) is 0 Å². The van der Waals surface area contributed by atoms with Crippen LogP contribution in [0.2, 0.25) is 0 Å². The van der Waals surface area contributed by atoms with Crippen molar-refractivity contribution in [2.45, 2.75) is 57.1 Å². The maximum Gasteiger partial charge on any atom is 0.0598 e. The van der Waals surface area contributed by atoms with Crippen LogP contribution in [0.1, 0.15) is 50.5 Å². The second kappa shape index (κ2) is 4.93. The molecule has 3 rings (SSSR count). The molecule has 1 N–H and O–H groups in total. The summed E-state index contributed by atoms with van der Waals surface area (Å²) in [5.41, 5.74) is 2.72. The van der Waals surface area contributed by atoms with Crippen LogP contribution in [-0.4, -0.2) is 23.8 Å². The van der Waals surface area contributed by atoms with E-state index in [4.69, 9.17) is 0 Å². The van der Waals surface area contributed by atoms with E-state index in [0.29, 0.717) is 12.0 Å². The van der Waals surface area contributed by atoms with E-state index >= 15 is 0 Å². The Morgan fingerprint density at radius 1 is 1.17 bits per heavy atom. The molecule has 2 nitrogen and oxygen atoms in total. The molecule has 0 amide bonds. The molecule has 0 spiro atoms. The number of hydrogen-bond acceptors (Lipinski definition) is 2. The van der Waals surface area contributed by atoms with Gasteiger partial charge in [-0.1, -0.05) is 37.5 Å². The van der Waals surface area contributed by atoms with E-state index in [1.54, 1.807) is 0 Å². The number of hydrogen-bond donors (Lipinski definition) is 1. The minimum absolute atomic E-state index is 0.250. The zero-order valence-corrected chi connectivity index (χ0v) is 11.2. The number of para-hydroxylation sites is 1. The molecule has 1 aromatic carbocycles. The van der Waals surface area contributed by atoms with Gasteiger partial charge in [0, 0.05) is 24.2 Å². The second-order valence-corrected chi connectivity index (χ2v) is 5.85. The summed E-state index contributed by atoms with van der Waals surface area (Å²) in [4.78, 5) is 2.56. The van der Waals surface area contributed by atoms with Gasteiger partial charge in [0.25, 0.3) is 0 Å². The van der Waals surface area contributed by atoms with Crippen molar-refractivity contribution in [3.05, 3.63) is 29.8 Å². The van der Waals surface area contributed by atoms with Crippen LogP contribution in [0.4, 0.5) is 5.69 Å². The summed E-state index contributed by atoms with van der Waals surface area (Å²) in [6, 6.07) is 9.34. The zero-order chi connectivity index (χ0) is 12.5. The summed E-state index contributed by atoms with van der Waals surface area (Å²) in [5, 5.41) is 9.99. The highest BCUT2D eigenvalue weighted by Gasteiger charge is 2.35. The molecular formula is C16H23NO. The zero-order valence-electron chi connectivity index (χ0n) is 11.2. The minimum atomic E-state index is -0.250. The molecule has 0 saturated heterocycles. The number of nitrogens with zero attached hydrogens (tertiary/aromatic N) is 1. The molecule has 0 bridgehead atoms. The number of rotatable bonds is 2. The molecule has 98 valence electrons. The standard InChI is InChI=1S/C16H23NO/c1-12(18)15-11-17(13-7-3-2-4-8-13)16-10-6-5-9-14(15)16/h5-6,9-10,12-13,15,18H,2-4,7-8,11H2,1H3. The predicted molar refractivity (Wildman–Crippen MR) is 75.1 cm³/mol. The Labute approximate surface area is 110 Å². The lowest BCUT2D eigenvalue weighted by molar-refractivity contribution is 0.166. The van der Waals surface area contributed by atoms with Gasteiger partial charge in [0.1, 0.15) is 0 Å². The quantitative estimate of drug-likeness (QED) is 0.864. The molecule has 2 atom stereocenters. The average Bonchev–Trinajstić information content (AvgIpc) is 2.79. The highest BCUT2D eigenvalue weighted by molar-refractivity contribution is 5.61. The van der Waals surface area contributed by atoms with Gasteiger partial charge in [-0.25, -0.2) is 0 Å². The van der Waals surface area contributed by atoms with E-state index in [0.717, 1.165) is 6.54 Å². The van der Waals surface area contributed by atoms with Crippen LogP contribution in [0.5, 0.6) is 0 Å². The molecule has 2 aliphatic rings. The first-order valence-electron chi connectivity index (χ1n) is 7.31. The van der Waals surface area contributed by atoms with Crippen LogP contribution in [0, 0.1) is 0 Å². The van der Waals surface area contributed by atoms with Crippen molar-refractivity contribution in [2.75, 3.05) is 11.4 Å². The Hall–Kier alpha value is -1.02. The van der Waals surface area contributed by atoms with E-state index in [-0.39, 0.29) is 6.10 Å². The van der Waals surface area contributed by atoms with Gasteiger partial charge in [-0.05, 0) is 31.4 Å². The normalized spacial score (nSPS) is 26.1. The van der Waals surface area contributed by atoms with Crippen molar-refractivity contribution in [1.82, 2.24) is 0 Å². The Balaban J connectivity index is 1.89. The number of aliphatic hydroxyl groups excluding tert-OH is 1. The number of anilines is 1. The fraction of sp³-hybridized carbons (Fsp3) is 0.625. The molecule has 0 aromatic heterocycles. The van der Waals surface area contributed by atoms with Gasteiger partial charge < -0.3 is 10.0 Å². The lowest BCUT2D eigenvalue weighted by Crippen LogP contribution is -2.37. The summed E-state index contributed by atoms with van der Waals surface area (Å²) in [6.45, 7) is 2.92. The number of benzene rings is 1. The third-order valence-corrected chi connectivity index (χ3v) is 4.64. The SMILES string of the molecule is CC(O)C1CN(C2CCCCC2)c2ccccc21. The van der Waals surface area contributed by atoms with Crippen molar-refractivity contribution < 1.29 is 5.11 Å². The molecular weight excluding hydrogens is 222 g/mol. The summed E-state index contributed by atoms with van der Waals surface area (Å²) in [5.74, 6) is 0.295. The Bertz CT molecular complexity index is 409. The van der Waals surface area contributed by atoms with E-state index in [9.17, 15) is 5.11 Å². The maximum absolute atomic E-state index is 9.99. The first-order chi connectivity index (χ1) is 8.77. The van der Waals surface area contributed by atoms with Crippen LogP contribution >= 0.6 is 0 Å². The lowest BCUT2D eigenvalue weighted by atomic mass is 9.94. The first kappa shape index (κ1) is 12.0. The molecule has 1 fully saturated rings. The molecule has 1 aliphatic heterocycles. The summed E-state index contributed by atoms with van der Waals surface area (Å²) < 4.78 is 0. The lowest BCUT2D eigenvalue weighted by Gasteiger charge is -2.33. The Morgan fingerprint density at radius 3 is 2.61 bits per heavy atom. The van der Waals surface area contributed by atoms with Gasteiger partial charge in [-0.15, -0.1) is 0 Å². The molecule has 1 aliphatic carbocycles. The molecule has 2 unspecified atom stereocenters. The molecule has 1 saturated carbocycles. The molecule has 0 radical (unpaired) electrons. The Morgan fingerprint density at radius 2 is 1.89 bits per heavy atom. The van der Waals surface area contributed by atoms with Crippen molar-refractivity contribution in [2.24, 2.45) is 0 Å². The van der Waals surface area contributed by atoms with Crippen LogP contribution in [0.3, 0.4) is 0 Å². The van der Waals surface area contributed by atoms with Crippen molar-refractivity contribution in [1.29, 1.82) is 0 Å². The predicted octanol–water partition coefficient (Wildman–Crippen LogP) is 3.30. The van der Waals surface area contributed by atoms with Gasteiger partial charge >= 0.3 is 0 Å². The van der Waals surface area contributed by atoms with E-state index < -0.39 is 0 Å². The van der Waals surface area contributed by atoms with Crippen molar-refractivity contribution >= 4 is 5.69 Å². The van der Waals surface area contributed by atoms with Gasteiger partial charge in [0.15, 0.2) is 0 Å². The smallest absolute Gasteiger partial charge is 0.0598 e. The monoisotopic (exact) mass is 245 g/mol. The van der Waals surface area contributed by atoms with E-state index in [1.807, 2.05) is 6.92 Å². The minimum Gasteiger partial charge on any atom is -0.393 e. The summed E-state index contributed by atoms with van der Waals surface area (Å²) in [6.07, 6.45) is 6.51. The summed E-state index contributed by atoms with van der Waals surface area (Å²) in [7, 11) is 0. The highest BCUT2D eigenvalue weighted by atomic mass is 16.3. The van der Waals surface area contributed by atoms with Gasteiger partial charge in [0.2, 0.25) is 0 Å². The summed E-state index contributed by atoms with van der Waals surface area (Å²) >= 11 is 0. The second-order valence-electron chi connectivity index (χ2n) is 5.85. The fourth-order valence-electron chi connectivity index (χ4n) is 3.62. The van der Waals surface area contributed by atoms with E-state index in [1.165, 1.54) is 43.4 Å². The van der Waals surface area contributed by atoms with E-state index in [2.05, 4.69) is 29.2 Å². The van der Waals surface area contributed by atoms with Crippen LogP contribution in [0.15, 0.2) is 24.3 Å². The van der Waals surface area contributed by atoms with Crippen molar-refractivity contribution in [3.63, 3.8) is 0 Å². The highest BCUT2D eigenvalue weighted by Crippen LogP contribution is 2.41. The molecule has 18 heavy (non-hydrogen) atoms. The van der Waals surface area contributed by atoms with Gasteiger partial charge in [-0.2, -0.15) is 0 Å². The topological polar surface area (TPSA) is 23.5 Å². The van der Waals surface area contributed by atoms with Crippen LogP contribution in [0.25, 0.3) is 0 Å². The van der Waals surface area contributed by atoms with Gasteiger partial charge in [0.05, 0.1) is 6.10 Å². The largest absolute Gasteiger partial charge is 0.393 e. The fourth-order valence-corrected chi connectivity index (χ4v) is 3.62. The third kappa shape index (κ3) is 2.03. The molecule has 1 heterocycles. The first-order valence-corrected chi connectivity index (χ1v) is 7.31. The number of aliphatic hydroxyl groups is 1. The Kier molecular flexibility index (Phi) is 3.29. The van der Waals surface area contributed by atoms with Gasteiger partial charge in [-0.3, -0.25) is 0 Å². The average molecular weight is 245 g/mol. The maximum atomic E-state index is 9.99. The number of fused-ring (bicyclic) bond motifs is 1. The third-order valence-electron chi connectivity index (χ3n) is 4.64. The molecule has 2 heteroatoms. The van der Waals surface area contributed by atoms with Crippen LogP contribution in [-0.2, 0) is 0 Å². The van der Waals surface area contributed by atoms with Crippen LogP contribution < -0.4 is 4.90 Å².